The third kappa shape index (κ3) is 5.66. The molecule has 0 aromatic heterocycles. The summed E-state index contributed by atoms with van der Waals surface area (Å²) >= 11 is 0. The van der Waals surface area contributed by atoms with Crippen LogP contribution < -0.4 is 0 Å². The van der Waals surface area contributed by atoms with Gasteiger partial charge in [0.25, 0.3) is 0 Å². The Morgan fingerprint density at radius 3 is 2.86 bits per heavy atom. The van der Waals surface area contributed by atoms with E-state index in [-0.39, 0.29) is 0 Å². The van der Waals surface area contributed by atoms with Crippen LogP contribution in [0.1, 0.15) is 6.42 Å². The smallest absolute Gasteiger partial charge is 0.0856 e. The second kappa shape index (κ2) is 5.66. The van der Waals surface area contributed by atoms with Gasteiger partial charge in [0.2, 0.25) is 0 Å². The predicted octanol–water partition coefficient (Wildman–Crippen LogP) is 1.14. The molecule has 0 atom stereocenters. The second-order valence-electron chi connectivity index (χ2n) is 1.07. The Hall–Kier alpha value is -0.340. The van der Waals surface area contributed by atoms with E-state index in [2.05, 4.69) is 16.4 Å². The highest BCUT2D eigenvalue weighted by Gasteiger charge is 1.76. The molecule has 7 heavy (non-hydrogen) atoms. The Kier molecular flexibility index (Phi) is 5.39. The van der Waals surface area contributed by atoms with Gasteiger partial charge in [0, 0.05) is 0 Å². The Morgan fingerprint density at radius 1 is 1.71 bits per heavy atom. The molecule has 2 nitrogen and oxygen atoms in total. The van der Waals surface area contributed by atoms with Gasteiger partial charge in [-0.2, -0.15) is 0 Å². The molecule has 0 radical (unpaired) electrons. The van der Waals surface area contributed by atoms with Crippen LogP contribution in [0.25, 0.3) is 0 Å². The van der Waals surface area contributed by atoms with Crippen LogP contribution >= 0.6 is 0 Å². The van der Waals surface area contributed by atoms with Gasteiger partial charge in [0.05, 0.1) is 13.7 Å². The first-order valence-electron chi connectivity index (χ1n) is 2.18. The molecule has 0 saturated carbocycles. The van der Waals surface area contributed by atoms with Crippen molar-refractivity contribution in [2.75, 3.05) is 13.7 Å². The summed E-state index contributed by atoms with van der Waals surface area (Å²) < 4.78 is 0. The van der Waals surface area contributed by atoms with Gasteiger partial charge >= 0.3 is 0 Å². The van der Waals surface area contributed by atoms with Crippen LogP contribution in [0.15, 0.2) is 12.7 Å². The van der Waals surface area contributed by atoms with Crippen molar-refractivity contribution in [3.63, 3.8) is 0 Å². The van der Waals surface area contributed by atoms with Gasteiger partial charge in [-0.3, -0.25) is 0 Å². The molecule has 0 spiro atoms. The van der Waals surface area contributed by atoms with E-state index in [1.165, 1.54) is 7.11 Å². The largest absolute Gasteiger partial charge is 0.240 e. The SMILES string of the molecule is C=CCCOOC. The molecular weight excluding hydrogens is 92.1 g/mol. The van der Waals surface area contributed by atoms with Gasteiger partial charge in [-0.25, -0.2) is 9.78 Å². The molecule has 0 fully saturated rings. The van der Waals surface area contributed by atoms with E-state index < -0.39 is 0 Å². The molecule has 0 amide bonds. The Labute approximate surface area is 43.7 Å². The summed E-state index contributed by atoms with van der Waals surface area (Å²) in [6, 6.07) is 0. The fraction of sp³-hybridized carbons (Fsp3) is 0.600. The lowest BCUT2D eigenvalue weighted by Crippen LogP contribution is -1.88. The minimum atomic E-state index is 0.597. The average molecular weight is 102 g/mol. The Morgan fingerprint density at radius 2 is 2.43 bits per heavy atom. The standard InChI is InChI=1S/C5H10O2/c1-3-4-5-7-6-2/h3H,1,4-5H2,2H3. The summed E-state index contributed by atoms with van der Waals surface area (Å²) in [7, 11) is 1.49. The van der Waals surface area contributed by atoms with Gasteiger partial charge in [0.1, 0.15) is 0 Å². The van der Waals surface area contributed by atoms with Crippen molar-refractivity contribution in [1.82, 2.24) is 0 Å². The normalized spacial score (nSPS) is 8.71. The lowest BCUT2D eigenvalue weighted by molar-refractivity contribution is -0.271. The molecule has 42 valence electrons. The van der Waals surface area contributed by atoms with Gasteiger partial charge < -0.3 is 0 Å². The van der Waals surface area contributed by atoms with Crippen molar-refractivity contribution in [1.29, 1.82) is 0 Å². The Bertz CT molecular complexity index is 43.3. The fourth-order valence-corrected chi connectivity index (χ4v) is 0.215. The topological polar surface area (TPSA) is 18.5 Å². The third-order valence-electron chi connectivity index (χ3n) is 0.523. The summed E-state index contributed by atoms with van der Waals surface area (Å²) in [5.41, 5.74) is 0. The zero-order chi connectivity index (χ0) is 5.54. The van der Waals surface area contributed by atoms with Crippen LogP contribution in [0.3, 0.4) is 0 Å². The van der Waals surface area contributed by atoms with E-state index in [0.29, 0.717) is 6.61 Å². The molecule has 0 aromatic rings. The monoisotopic (exact) mass is 102 g/mol. The van der Waals surface area contributed by atoms with E-state index in [1.807, 2.05) is 0 Å². The summed E-state index contributed by atoms with van der Waals surface area (Å²) in [5.74, 6) is 0. The predicted molar refractivity (Wildman–Crippen MR) is 27.8 cm³/mol. The van der Waals surface area contributed by atoms with E-state index in [9.17, 15) is 0 Å². The van der Waals surface area contributed by atoms with Crippen molar-refractivity contribution in [3.05, 3.63) is 12.7 Å². The molecule has 2 heteroatoms. The summed E-state index contributed by atoms with van der Waals surface area (Å²) in [5, 5.41) is 0. The van der Waals surface area contributed by atoms with Gasteiger partial charge in [-0.15, -0.1) is 6.58 Å². The minimum absolute atomic E-state index is 0.597. The van der Waals surface area contributed by atoms with Gasteiger partial charge in [-0.05, 0) is 6.42 Å². The summed E-state index contributed by atoms with van der Waals surface area (Å²) in [4.78, 5) is 8.80. The van der Waals surface area contributed by atoms with E-state index >= 15 is 0 Å². The molecule has 0 heterocycles. The van der Waals surface area contributed by atoms with Crippen molar-refractivity contribution in [3.8, 4) is 0 Å². The van der Waals surface area contributed by atoms with Crippen LogP contribution in [0.5, 0.6) is 0 Å². The first kappa shape index (κ1) is 6.66. The number of hydrogen-bond acceptors (Lipinski definition) is 2. The molecule has 0 aliphatic rings. The van der Waals surface area contributed by atoms with Gasteiger partial charge in [-0.1, -0.05) is 6.08 Å². The van der Waals surface area contributed by atoms with Gasteiger partial charge in [0.15, 0.2) is 0 Å². The molecule has 0 N–H and O–H groups in total. The van der Waals surface area contributed by atoms with Crippen LogP contribution in [-0.2, 0) is 9.78 Å². The van der Waals surface area contributed by atoms with Crippen molar-refractivity contribution < 1.29 is 9.78 Å². The molecule has 0 saturated heterocycles. The molecule has 0 rings (SSSR count). The number of rotatable bonds is 4. The van der Waals surface area contributed by atoms with Crippen molar-refractivity contribution in [2.45, 2.75) is 6.42 Å². The van der Waals surface area contributed by atoms with Crippen LogP contribution in [-0.4, -0.2) is 13.7 Å². The highest BCUT2D eigenvalue weighted by Crippen LogP contribution is 1.80. The molecule has 0 aromatic carbocycles. The maximum absolute atomic E-state index is 4.50. The van der Waals surface area contributed by atoms with E-state index in [0.717, 1.165) is 6.42 Å². The van der Waals surface area contributed by atoms with Crippen molar-refractivity contribution >= 4 is 0 Å². The van der Waals surface area contributed by atoms with Crippen molar-refractivity contribution in [2.24, 2.45) is 0 Å². The Balaban J connectivity index is 2.56. The highest BCUT2D eigenvalue weighted by atomic mass is 17.2. The van der Waals surface area contributed by atoms with Crippen LogP contribution in [0.2, 0.25) is 0 Å². The highest BCUT2D eigenvalue weighted by molar-refractivity contribution is 4.63. The summed E-state index contributed by atoms with van der Waals surface area (Å²) in [6.45, 7) is 4.09. The molecular formula is C5H10O2. The lowest BCUT2D eigenvalue weighted by Gasteiger charge is -1.92. The van der Waals surface area contributed by atoms with E-state index in [4.69, 9.17) is 0 Å². The van der Waals surface area contributed by atoms with Crippen LogP contribution in [0.4, 0.5) is 0 Å². The number of hydrogen-bond donors (Lipinski definition) is 0. The average Bonchev–Trinajstić information content (AvgIpc) is 1.69. The minimum Gasteiger partial charge on any atom is -0.240 e. The quantitative estimate of drug-likeness (QED) is 0.229. The fourth-order valence-electron chi connectivity index (χ4n) is 0.215. The second-order valence-corrected chi connectivity index (χ2v) is 1.07. The van der Waals surface area contributed by atoms with E-state index in [1.54, 1.807) is 6.08 Å². The molecule has 0 unspecified atom stereocenters. The third-order valence-corrected chi connectivity index (χ3v) is 0.523. The zero-order valence-electron chi connectivity index (χ0n) is 4.52. The molecule has 0 bridgehead atoms. The summed E-state index contributed by atoms with van der Waals surface area (Å²) in [6.07, 6.45) is 2.62. The maximum Gasteiger partial charge on any atom is 0.0856 e. The molecule has 0 aliphatic carbocycles. The first-order valence-corrected chi connectivity index (χ1v) is 2.18. The first-order chi connectivity index (χ1) is 3.41. The lowest BCUT2D eigenvalue weighted by atomic mass is 10.5. The zero-order valence-corrected chi connectivity index (χ0v) is 4.52. The molecule has 0 aliphatic heterocycles. The maximum atomic E-state index is 4.50. The van der Waals surface area contributed by atoms with Crippen LogP contribution in [0, 0.1) is 0 Å².